The van der Waals surface area contributed by atoms with E-state index in [-0.39, 0.29) is 18.2 Å². The van der Waals surface area contributed by atoms with E-state index in [0.717, 1.165) is 14.7 Å². The monoisotopic (exact) mass is 672 g/mol. The molecule has 3 rings (SSSR count). The van der Waals surface area contributed by atoms with Crippen LogP contribution in [0.25, 0.3) is 0 Å². The fraction of sp³-hybridized carbons (Fsp3) is 0.167. The van der Waals surface area contributed by atoms with E-state index < -0.39 is 0 Å². The molecule has 0 bridgehead atoms. The minimum atomic E-state index is -0.340. The summed E-state index contributed by atoms with van der Waals surface area (Å²) in [7, 11) is 2.91. The molecule has 5 nitrogen and oxygen atoms in total. The predicted octanol–water partition coefficient (Wildman–Crippen LogP) is 6.87. The maximum absolute atomic E-state index is 13.4. The number of methoxy groups -OCH3 is 2. The first kappa shape index (κ1) is 24.7. The molecule has 0 unspecified atom stereocenters. The molecule has 0 saturated carbocycles. The van der Waals surface area contributed by atoms with Gasteiger partial charge in [-0.05, 0) is 97.3 Å². The summed E-state index contributed by atoms with van der Waals surface area (Å²) in [5.74, 6) is 0.948. The summed E-state index contributed by atoms with van der Waals surface area (Å²) in [4.78, 5) is 25.0. The lowest BCUT2D eigenvalue weighted by Gasteiger charge is -2.16. The minimum Gasteiger partial charge on any atom is -0.496 e. The Morgan fingerprint density at radius 1 is 0.969 bits per heavy atom. The second kappa shape index (κ2) is 10.8. The van der Waals surface area contributed by atoms with Crippen molar-refractivity contribution in [3.8, 4) is 17.2 Å². The first-order valence-electron chi connectivity index (χ1n) is 9.45. The first-order valence-corrected chi connectivity index (χ1v) is 12.1. The standard InChI is InChI=1S/C24H19Br2IO5/c1-13-5-4-6-15(7-13)23(29)16-11-21(30-2)19(27)12-20(16)32-24-17(25)8-14(9-18(24)26)10-22(28)31-3/h4-9,11-12H,10H2,1-3H3. The van der Waals surface area contributed by atoms with E-state index in [1.165, 1.54) is 7.11 Å². The highest BCUT2D eigenvalue weighted by molar-refractivity contribution is 14.1. The van der Waals surface area contributed by atoms with Crippen LogP contribution in [0.1, 0.15) is 27.0 Å². The lowest BCUT2D eigenvalue weighted by atomic mass is 10.0. The van der Waals surface area contributed by atoms with Crippen LogP contribution in [0, 0.1) is 10.5 Å². The summed E-state index contributed by atoms with van der Waals surface area (Å²) in [6, 6.07) is 14.4. The van der Waals surface area contributed by atoms with Crippen LogP contribution in [0.15, 0.2) is 57.5 Å². The van der Waals surface area contributed by atoms with Crippen LogP contribution in [0.4, 0.5) is 0 Å². The molecule has 0 aromatic heterocycles. The number of benzene rings is 3. The van der Waals surface area contributed by atoms with Gasteiger partial charge >= 0.3 is 5.97 Å². The summed E-state index contributed by atoms with van der Waals surface area (Å²) < 4.78 is 18.5. The zero-order chi connectivity index (χ0) is 23.4. The maximum Gasteiger partial charge on any atom is 0.309 e. The van der Waals surface area contributed by atoms with Crippen LogP contribution >= 0.6 is 54.5 Å². The molecule has 0 atom stereocenters. The highest BCUT2D eigenvalue weighted by Crippen LogP contribution is 2.41. The number of hydrogen-bond donors (Lipinski definition) is 0. The van der Waals surface area contributed by atoms with E-state index in [1.807, 2.05) is 25.1 Å². The fourth-order valence-corrected chi connectivity index (χ4v) is 5.16. The molecule has 0 heterocycles. The number of hydrogen-bond acceptors (Lipinski definition) is 5. The van der Waals surface area contributed by atoms with E-state index in [4.69, 9.17) is 14.2 Å². The Hall–Kier alpha value is -1.91. The zero-order valence-electron chi connectivity index (χ0n) is 17.5. The van der Waals surface area contributed by atoms with Crippen molar-refractivity contribution in [2.45, 2.75) is 13.3 Å². The van der Waals surface area contributed by atoms with Crippen molar-refractivity contribution in [2.24, 2.45) is 0 Å². The van der Waals surface area contributed by atoms with Gasteiger partial charge in [-0.25, -0.2) is 0 Å². The van der Waals surface area contributed by atoms with Crippen molar-refractivity contribution in [1.82, 2.24) is 0 Å². The lowest BCUT2D eigenvalue weighted by Crippen LogP contribution is -2.06. The van der Waals surface area contributed by atoms with Crippen molar-refractivity contribution in [3.05, 3.63) is 83.3 Å². The second-order valence-corrected chi connectivity index (χ2v) is 9.80. The third kappa shape index (κ3) is 5.71. The quantitative estimate of drug-likeness (QED) is 0.156. The smallest absolute Gasteiger partial charge is 0.309 e. The molecule has 166 valence electrons. The number of esters is 1. The van der Waals surface area contributed by atoms with Crippen molar-refractivity contribution >= 4 is 66.2 Å². The first-order chi connectivity index (χ1) is 15.2. The molecule has 0 spiro atoms. The summed E-state index contributed by atoms with van der Waals surface area (Å²) in [5.41, 5.74) is 2.68. The van der Waals surface area contributed by atoms with Crippen molar-refractivity contribution in [1.29, 1.82) is 0 Å². The number of halogens is 3. The van der Waals surface area contributed by atoms with E-state index in [9.17, 15) is 9.59 Å². The Morgan fingerprint density at radius 3 is 2.25 bits per heavy atom. The summed E-state index contributed by atoms with van der Waals surface area (Å²) in [6.07, 6.45) is 0.130. The van der Waals surface area contributed by atoms with Gasteiger partial charge in [0, 0.05) is 5.56 Å². The Labute approximate surface area is 216 Å². The van der Waals surface area contributed by atoms with E-state index >= 15 is 0 Å². The number of aryl methyl sites for hydroxylation is 1. The molecule has 0 fully saturated rings. The van der Waals surface area contributed by atoms with Gasteiger partial charge in [0.15, 0.2) is 11.5 Å². The minimum absolute atomic E-state index is 0.130. The van der Waals surface area contributed by atoms with Crippen LogP contribution in [0.3, 0.4) is 0 Å². The van der Waals surface area contributed by atoms with E-state index in [0.29, 0.717) is 37.3 Å². The summed E-state index contributed by atoms with van der Waals surface area (Å²) >= 11 is 9.16. The van der Waals surface area contributed by atoms with Crippen LogP contribution in [-0.4, -0.2) is 26.0 Å². The molecule has 0 N–H and O–H groups in total. The van der Waals surface area contributed by atoms with Crippen LogP contribution in [0.2, 0.25) is 0 Å². The van der Waals surface area contributed by atoms with E-state index in [2.05, 4.69) is 54.5 Å². The Kier molecular flexibility index (Phi) is 8.35. The van der Waals surface area contributed by atoms with Gasteiger partial charge in [-0.2, -0.15) is 0 Å². The number of ether oxygens (including phenoxy) is 3. The molecular formula is C24H19Br2IO5. The SMILES string of the molecule is COC(=O)Cc1cc(Br)c(Oc2cc(I)c(OC)cc2C(=O)c2cccc(C)c2)c(Br)c1. The van der Waals surface area contributed by atoms with Gasteiger partial charge in [-0.15, -0.1) is 0 Å². The number of carbonyl (C=O) groups excluding carboxylic acids is 2. The highest BCUT2D eigenvalue weighted by Gasteiger charge is 2.21. The van der Waals surface area contributed by atoms with Gasteiger partial charge in [0.05, 0.1) is 38.7 Å². The second-order valence-electron chi connectivity index (χ2n) is 6.93. The predicted molar refractivity (Wildman–Crippen MR) is 138 cm³/mol. The Bertz CT molecular complexity index is 1170. The molecule has 0 saturated heterocycles. The Balaban J connectivity index is 2.05. The molecule has 32 heavy (non-hydrogen) atoms. The zero-order valence-corrected chi connectivity index (χ0v) is 22.8. The van der Waals surface area contributed by atoms with Crippen LogP contribution < -0.4 is 9.47 Å². The number of rotatable bonds is 7. The van der Waals surface area contributed by atoms with Crippen LogP contribution in [-0.2, 0) is 16.0 Å². The third-order valence-corrected chi connectivity index (χ3v) is 6.65. The van der Waals surface area contributed by atoms with Crippen molar-refractivity contribution in [3.63, 3.8) is 0 Å². The van der Waals surface area contributed by atoms with Gasteiger partial charge in [0.1, 0.15) is 11.5 Å². The third-order valence-electron chi connectivity index (χ3n) is 4.63. The van der Waals surface area contributed by atoms with Gasteiger partial charge in [-0.3, -0.25) is 9.59 Å². The summed E-state index contributed by atoms with van der Waals surface area (Å²) in [6.45, 7) is 1.94. The number of ketones is 1. The Morgan fingerprint density at radius 2 is 1.66 bits per heavy atom. The molecule has 0 amide bonds. The summed E-state index contributed by atoms with van der Waals surface area (Å²) in [5, 5.41) is 0. The highest BCUT2D eigenvalue weighted by atomic mass is 127. The largest absolute Gasteiger partial charge is 0.496 e. The average molecular weight is 674 g/mol. The molecule has 0 radical (unpaired) electrons. The van der Waals surface area contributed by atoms with Gasteiger partial charge in [-0.1, -0.05) is 23.8 Å². The average Bonchev–Trinajstić information content (AvgIpc) is 2.75. The topological polar surface area (TPSA) is 61.8 Å². The molecule has 0 aliphatic heterocycles. The van der Waals surface area contributed by atoms with Crippen LogP contribution in [0.5, 0.6) is 17.2 Å². The molecule has 3 aromatic rings. The normalized spacial score (nSPS) is 10.6. The molecule has 0 aliphatic rings. The molecular weight excluding hydrogens is 655 g/mol. The molecule has 3 aromatic carbocycles. The van der Waals surface area contributed by atoms with Crippen molar-refractivity contribution < 1.29 is 23.8 Å². The maximum atomic E-state index is 13.4. The van der Waals surface area contributed by atoms with Gasteiger partial charge in [0.2, 0.25) is 0 Å². The number of carbonyl (C=O) groups is 2. The van der Waals surface area contributed by atoms with Gasteiger partial charge < -0.3 is 14.2 Å². The van der Waals surface area contributed by atoms with Crippen molar-refractivity contribution in [2.75, 3.05) is 14.2 Å². The molecule has 0 aliphatic carbocycles. The fourth-order valence-electron chi connectivity index (χ4n) is 3.06. The van der Waals surface area contributed by atoms with Gasteiger partial charge in [0.25, 0.3) is 0 Å². The molecule has 8 heteroatoms. The lowest BCUT2D eigenvalue weighted by molar-refractivity contribution is -0.139. The van der Waals surface area contributed by atoms with E-state index in [1.54, 1.807) is 37.4 Å².